The molecule has 3 aromatic rings. The quantitative estimate of drug-likeness (QED) is 0.635. The second-order valence-electron chi connectivity index (χ2n) is 5.72. The van der Waals surface area contributed by atoms with Crippen LogP contribution < -0.4 is 10.1 Å². The number of hydrogen-bond donors (Lipinski definition) is 1. The van der Waals surface area contributed by atoms with E-state index in [1.54, 1.807) is 17.4 Å². The van der Waals surface area contributed by atoms with Crippen LogP contribution in [0, 0.1) is 0 Å². The number of thiazole rings is 1. The van der Waals surface area contributed by atoms with E-state index in [1.807, 2.05) is 60.0 Å². The molecule has 7 heteroatoms. The van der Waals surface area contributed by atoms with Gasteiger partial charge in [0.05, 0.1) is 10.6 Å². The van der Waals surface area contributed by atoms with Gasteiger partial charge in [0.15, 0.2) is 0 Å². The summed E-state index contributed by atoms with van der Waals surface area (Å²) in [4.78, 5) is 27.7. The molecule has 1 saturated heterocycles. The van der Waals surface area contributed by atoms with Crippen molar-refractivity contribution >= 4 is 40.3 Å². The van der Waals surface area contributed by atoms with Crippen molar-refractivity contribution in [2.45, 2.75) is 6.61 Å². The maximum absolute atomic E-state index is 11.6. The van der Waals surface area contributed by atoms with Crippen molar-refractivity contribution in [2.24, 2.45) is 0 Å². The zero-order valence-electron chi connectivity index (χ0n) is 14.0. The fraction of sp³-hybridized carbons (Fsp3) is 0.0500. The monoisotopic (exact) mass is 394 g/mol. The molecule has 1 aliphatic heterocycles. The smallest absolute Gasteiger partial charge is 0.290 e. The van der Waals surface area contributed by atoms with Gasteiger partial charge in [0.2, 0.25) is 0 Å². The molecule has 1 aromatic heterocycles. The van der Waals surface area contributed by atoms with Gasteiger partial charge in [-0.2, -0.15) is 0 Å². The largest absolute Gasteiger partial charge is 0.487 e. The number of imide groups is 1. The van der Waals surface area contributed by atoms with Crippen molar-refractivity contribution in [1.82, 2.24) is 10.3 Å². The van der Waals surface area contributed by atoms with Crippen LogP contribution >= 0.6 is 23.1 Å². The van der Waals surface area contributed by atoms with Crippen molar-refractivity contribution in [1.29, 1.82) is 0 Å². The lowest BCUT2D eigenvalue weighted by Crippen LogP contribution is -2.17. The van der Waals surface area contributed by atoms with E-state index in [2.05, 4.69) is 10.3 Å². The molecule has 0 spiro atoms. The maximum Gasteiger partial charge on any atom is 0.290 e. The molecule has 0 aliphatic carbocycles. The second-order valence-corrected chi connectivity index (χ2v) is 7.59. The van der Waals surface area contributed by atoms with Gasteiger partial charge in [-0.1, -0.05) is 42.5 Å². The summed E-state index contributed by atoms with van der Waals surface area (Å²) in [6.45, 7) is 0.385. The zero-order chi connectivity index (χ0) is 18.6. The molecule has 0 radical (unpaired) electrons. The number of thioether (sulfide) groups is 1. The van der Waals surface area contributed by atoms with E-state index >= 15 is 0 Å². The molecule has 27 heavy (non-hydrogen) atoms. The van der Waals surface area contributed by atoms with E-state index in [9.17, 15) is 9.59 Å². The summed E-state index contributed by atoms with van der Waals surface area (Å²) in [6.07, 6.45) is 1.68. The summed E-state index contributed by atoms with van der Waals surface area (Å²) in [5.74, 6) is 0.356. The van der Waals surface area contributed by atoms with Crippen molar-refractivity contribution in [3.8, 4) is 16.3 Å². The molecule has 0 bridgehead atoms. The summed E-state index contributed by atoms with van der Waals surface area (Å²) in [7, 11) is 0. The van der Waals surface area contributed by atoms with Crippen LogP contribution in [0.4, 0.5) is 4.79 Å². The van der Waals surface area contributed by atoms with Crippen LogP contribution in [0.1, 0.15) is 11.3 Å². The van der Waals surface area contributed by atoms with Gasteiger partial charge in [0.25, 0.3) is 11.1 Å². The van der Waals surface area contributed by atoms with E-state index < -0.39 is 0 Å². The lowest BCUT2D eigenvalue weighted by Gasteiger charge is -2.04. The first-order valence-corrected chi connectivity index (χ1v) is 9.84. The van der Waals surface area contributed by atoms with Crippen molar-refractivity contribution in [3.05, 3.63) is 76.1 Å². The molecule has 2 aromatic carbocycles. The fourth-order valence-corrected chi connectivity index (χ4v) is 3.97. The normalized spacial score (nSPS) is 15.2. The standard InChI is InChI=1S/C20H14N2O3S2/c23-18-17(27-20(24)22-18)10-13-6-8-16(9-7-13)25-11-15-12-26-19(21-15)14-4-2-1-3-5-14/h1-10,12H,11H2,(H,22,23,24)/b17-10-. The zero-order valence-corrected chi connectivity index (χ0v) is 15.7. The predicted octanol–water partition coefficient (Wildman–Crippen LogP) is 4.71. The Labute approximate surface area is 164 Å². The Balaban J connectivity index is 1.38. The number of nitrogens with one attached hydrogen (secondary N) is 1. The fourth-order valence-electron chi connectivity index (χ4n) is 2.48. The van der Waals surface area contributed by atoms with Crippen LogP contribution in [0.25, 0.3) is 16.6 Å². The van der Waals surface area contributed by atoms with E-state index in [1.165, 1.54) is 0 Å². The highest BCUT2D eigenvalue weighted by Gasteiger charge is 2.24. The molecular formula is C20H14N2O3S2. The first-order chi connectivity index (χ1) is 13.2. The molecular weight excluding hydrogens is 380 g/mol. The number of carbonyl (C=O) groups excluding carboxylic acids is 2. The van der Waals surface area contributed by atoms with Gasteiger partial charge in [-0.05, 0) is 35.5 Å². The number of ether oxygens (including phenoxy) is 1. The predicted molar refractivity (Wildman–Crippen MR) is 107 cm³/mol. The number of nitrogens with zero attached hydrogens (tertiary/aromatic N) is 1. The van der Waals surface area contributed by atoms with Gasteiger partial charge in [-0.25, -0.2) is 4.98 Å². The first kappa shape index (κ1) is 17.5. The van der Waals surface area contributed by atoms with E-state index in [0.717, 1.165) is 33.6 Å². The average molecular weight is 394 g/mol. The maximum atomic E-state index is 11.6. The molecule has 0 atom stereocenters. The van der Waals surface area contributed by atoms with Gasteiger partial charge in [0.1, 0.15) is 17.4 Å². The van der Waals surface area contributed by atoms with Crippen LogP contribution in [0.2, 0.25) is 0 Å². The third-order valence-corrected chi connectivity index (χ3v) is 5.53. The third-order valence-electron chi connectivity index (χ3n) is 3.78. The van der Waals surface area contributed by atoms with E-state index in [4.69, 9.17) is 4.74 Å². The minimum Gasteiger partial charge on any atom is -0.487 e. The molecule has 4 rings (SSSR count). The number of rotatable bonds is 5. The van der Waals surface area contributed by atoms with Crippen LogP contribution in [0.3, 0.4) is 0 Å². The molecule has 1 aliphatic rings. The Kier molecular flexibility index (Phi) is 5.04. The Morgan fingerprint density at radius 1 is 1.04 bits per heavy atom. The van der Waals surface area contributed by atoms with Gasteiger partial charge >= 0.3 is 0 Å². The number of benzene rings is 2. The van der Waals surface area contributed by atoms with Crippen LogP contribution in [0.15, 0.2) is 64.9 Å². The van der Waals surface area contributed by atoms with Crippen LogP contribution in [-0.4, -0.2) is 16.1 Å². The third kappa shape index (κ3) is 4.27. The molecule has 1 fully saturated rings. The average Bonchev–Trinajstić information content (AvgIpc) is 3.28. The SMILES string of the molecule is O=C1NC(=O)/C(=C/c2ccc(OCc3csc(-c4ccccc4)n3)cc2)S1. The lowest BCUT2D eigenvalue weighted by molar-refractivity contribution is -0.115. The number of carbonyl (C=O) groups is 2. The van der Waals surface area contributed by atoms with Crippen LogP contribution in [0.5, 0.6) is 5.75 Å². The Bertz CT molecular complexity index is 1010. The summed E-state index contributed by atoms with van der Waals surface area (Å²) >= 11 is 2.50. The first-order valence-electron chi connectivity index (χ1n) is 8.15. The van der Waals surface area contributed by atoms with Crippen molar-refractivity contribution < 1.29 is 14.3 Å². The molecule has 5 nitrogen and oxygen atoms in total. The van der Waals surface area contributed by atoms with Gasteiger partial charge in [-0.3, -0.25) is 14.9 Å². The molecule has 134 valence electrons. The Morgan fingerprint density at radius 2 is 1.81 bits per heavy atom. The Hall–Kier alpha value is -2.90. The van der Waals surface area contributed by atoms with E-state index in [-0.39, 0.29) is 11.1 Å². The summed E-state index contributed by atoms with van der Waals surface area (Å²) < 4.78 is 5.79. The lowest BCUT2D eigenvalue weighted by atomic mass is 10.2. The molecule has 2 heterocycles. The van der Waals surface area contributed by atoms with Gasteiger partial charge in [0, 0.05) is 10.9 Å². The summed E-state index contributed by atoms with van der Waals surface area (Å²) in [5.41, 5.74) is 2.80. The molecule has 0 unspecified atom stereocenters. The summed E-state index contributed by atoms with van der Waals surface area (Å²) in [5, 5.41) is 4.86. The molecule has 2 amide bonds. The second kappa shape index (κ2) is 7.77. The summed E-state index contributed by atoms with van der Waals surface area (Å²) in [6, 6.07) is 17.4. The Morgan fingerprint density at radius 3 is 2.52 bits per heavy atom. The molecule has 1 N–H and O–H groups in total. The number of amides is 2. The molecule has 0 saturated carbocycles. The topological polar surface area (TPSA) is 68.3 Å². The highest BCUT2D eigenvalue weighted by molar-refractivity contribution is 8.18. The van der Waals surface area contributed by atoms with Gasteiger partial charge < -0.3 is 4.74 Å². The van der Waals surface area contributed by atoms with E-state index in [0.29, 0.717) is 17.3 Å². The van der Waals surface area contributed by atoms with Crippen LogP contribution in [-0.2, 0) is 11.4 Å². The number of hydrogen-bond acceptors (Lipinski definition) is 6. The minimum atomic E-state index is -0.358. The minimum absolute atomic E-state index is 0.343. The highest BCUT2D eigenvalue weighted by atomic mass is 32.2. The van der Waals surface area contributed by atoms with Gasteiger partial charge in [-0.15, -0.1) is 11.3 Å². The van der Waals surface area contributed by atoms with Crippen molar-refractivity contribution in [3.63, 3.8) is 0 Å². The number of aromatic nitrogens is 1. The van der Waals surface area contributed by atoms with Crippen molar-refractivity contribution in [2.75, 3.05) is 0 Å². The highest BCUT2D eigenvalue weighted by Crippen LogP contribution is 2.27.